The van der Waals surface area contributed by atoms with Gasteiger partial charge in [0.25, 0.3) is 0 Å². The monoisotopic (exact) mass is 472 g/mol. The van der Waals surface area contributed by atoms with E-state index in [1.165, 1.54) is 4.90 Å². The summed E-state index contributed by atoms with van der Waals surface area (Å²) in [4.78, 5) is 26.4. The summed E-state index contributed by atoms with van der Waals surface area (Å²) in [6.45, 7) is 6.23. The Morgan fingerprint density at radius 1 is 1.00 bits per heavy atom. The summed E-state index contributed by atoms with van der Waals surface area (Å²) >= 11 is 0. The molecule has 0 saturated carbocycles. The lowest BCUT2D eigenvalue weighted by Gasteiger charge is -2.30. The molecule has 7 nitrogen and oxygen atoms in total. The maximum Gasteiger partial charge on any atom is 0.233 e. The highest BCUT2D eigenvalue weighted by Crippen LogP contribution is 2.39. The van der Waals surface area contributed by atoms with E-state index in [0.29, 0.717) is 43.5 Å². The number of methoxy groups -OCH3 is 1. The molecule has 0 atom stereocenters. The first-order chi connectivity index (χ1) is 15.4. The van der Waals surface area contributed by atoms with Gasteiger partial charge >= 0.3 is 0 Å². The van der Waals surface area contributed by atoms with Crippen LogP contribution < -0.4 is 14.4 Å². The third-order valence-corrected chi connectivity index (χ3v) is 6.25. The first kappa shape index (κ1) is 24.8. The predicted octanol–water partition coefficient (Wildman–Crippen LogP) is 4.19. The summed E-state index contributed by atoms with van der Waals surface area (Å²) in [5.41, 5.74) is 3.75. The van der Waals surface area contributed by atoms with Crippen LogP contribution in [0.3, 0.4) is 0 Å². The standard InChI is InChI=1S/C25H32N2O5S/c1-25(2,3)21-16-20(27-22(28)7-6-8-23(27)29)15-18(24(21)32-4)12-9-17-10-13-19(14-11-17)26-33(5,30)31/h10-11,13-16,26H,6-9,12H2,1-5H3. The highest BCUT2D eigenvalue weighted by molar-refractivity contribution is 7.92. The molecule has 3 rings (SSSR count). The minimum absolute atomic E-state index is 0.170. The first-order valence-corrected chi connectivity index (χ1v) is 12.9. The highest BCUT2D eigenvalue weighted by Gasteiger charge is 2.30. The Bertz CT molecular complexity index is 1130. The van der Waals surface area contributed by atoms with Crippen LogP contribution in [0.4, 0.5) is 11.4 Å². The first-order valence-electron chi connectivity index (χ1n) is 11.0. The second kappa shape index (κ2) is 9.55. The van der Waals surface area contributed by atoms with E-state index < -0.39 is 10.0 Å². The largest absolute Gasteiger partial charge is 0.496 e. The summed E-state index contributed by atoms with van der Waals surface area (Å²) in [7, 11) is -1.69. The van der Waals surface area contributed by atoms with Gasteiger partial charge in [-0.05, 0) is 60.1 Å². The average molecular weight is 473 g/mol. The lowest BCUT2D eigenvalue weighted by Crippen LogP contribution is -2.40. The van der Waals surface area contributed by atoms with E-state index in [-0.39, 0.29) is 17.2 Å². The number of piperidine rings is 1. The molecule has 0 radical (unpaired) electrons. The van der Waals surface area contributed by atoms with Crippen molar-refractivity contribution in [2.75, 3.05) is 23.0 Å². The van der Waals surface area contributed by atoms with E-state index in [2.05, 4.69) is 25.5 Å². The summed E-state index contributed by atoms with van der Waals surface area (Å²) in [6, 6.07) is 11.0. The normalized spacial score (nSPS) is 15.0. The van der Waals surface area contributed by atoms with Crippen LogP contribution in [-0.2, 0) is 37.9 Å². The molecule has 0 unspecified atom stereocenters. The van der Waals surface area contributed by atoms with E-state index in [1.54, 1.807) is 19.2 Å². The van der Waals surface area contributed by atoms with Gasteiger partial charge < -0.3 is 4.74 Å². The molecule has 0 spiro atoms. The SMILES string of the molecule is COc1c(CCc2ccc(NS(C)(=O)=O)cc2)cc(N2C(=O)CCCC2=O)cc1C(C)(C)C. The number of hydrogen-bond acceptors (Lipinski definition) is 5. The van der Waals surface area contributed by atoms with Crippen LogP contribution in [0.5, 0.6) is 5.75 Å². The van der Waals surface area contributed by atoms with Crippen molar-refractivity contribution < 1.29 is 22.7 Å². The smallest absolute Gasteiger partial charge is 0.233 e. The molecule has 1 heterocycles. The molecular formula is C25H32N2O5S. The van der Waals surface area contributed by atoms with Crippen LogP contribution >= 0.6 is 0 Å². The summed E-state index contributed by atoms with van der Waals surface area (Å²) in [5.74, 6) is 0.422. The number of hydrogen-bond donors (Lipinski definition) is 1. The quantitative estimate of drug-likeness (QED) is 0.610. The van der Waals surface area contributed by atoms with Gasteiger partial charge in [-0.25, -0.2) is 8.42 Å². The fourth-order valence-electron chi connectivity index (χ4n) is 4.06. The number of nitrogens with one attached hydrogen (secondary N) is 1. The third-order valence-electron chi connectivity index (χ3n) is 5.64. The Labute approximate surface area is 196 Å². The second-order valence-electron chi connectivity index (χ2n) is 9.48. The molecule has 1 aliphatic heterocycles. The predicted molar refractivity (Wildman–Crippen MR) is 130 cm³/mol. The van der Waals surface area contributed by atoms with Crippen LogP contribution in [0.2, 0.25) is 0 Å². The summed E-state index contributed by atoms with van der Waals surface area (Å²) in [5, 5.41) is 0. The van der Waals surface area contributed by atoms with Crippen molar-refractivity contribution >= 4 is 33.2 Å². The van der Waals surface area contributed by atoms with Crippen LogP contribution in [0.25, 0.3) is 0 Å². The van der Waals surface area contributed by atoms with Crippen molar-refractivity contribution in [1.82, 2.24) is 0 Å². The third kappa shape index (κ3) is 6.13. The van der Waals surface area contributed by atoms with Gasteiger partial charge in [-0.3, -0.25) is 19.2 Å². The number of amides is 2. The number of ether oxygens (including phenoxy) is 1. The van der Waals surface area contributed by atoms with Crippen molar-refractivity contribution in [1.29, 1.82) is 0 Å². The van der Waals surface area contributed by atoms with Gasteiger partial charge in [-0.2, -0.15) is 0 Å². The van der Waals surface area contributed by atoms with Gasteiger partial charge in [0, 0.05) is 24.1 Å². The minimum Gasteiger partial charge on any atom is -0.496 e. The molecule has 33 heavy (non-hydrogen) atoms. The van der Waals surface area contributed by atoms with Gasteiger partial charge in [0.05, 0.1) is 19.1 Å². The van der Waals surface area contributed by atoms with Crippen molar-refractivity contribution in [2.45, 2.75) is 58.3 Å². The molecule has 0 aliphatic carbocycles. The van der Waals surface area contributed by atoms with Crippen LogP contribution in [0.15, 0.2) is 36.4 Å². The van der Waals surface area contributed by atoms with E-state index in [0.717, 1.165) is 28.7 Å². The molecule has 1 aliphatic rings. The molecule has 2 aromatic carbocycles. The maximum absolute atomic E-state index is 12.6. The Balaban J connectivity index is 1.94. The zero-order valence-corrected chi connectivity index (χ0v) is 20.7. The van der Waals surface area contributed by atoms with Crippen LogP contribution in [0.1, 0.15) is 56.7 Å². The molecule has 1 N–H and O–H groups in total. The number of nitrogens with zero attached hydrogens (tertiary/aromatic N) is 1. The molecule has 2 aromatic rings. The number of benzene rings is 2. The summed E-state index contributed by atoms with van der Waals surface area (Å²) in [6.07, 6.45) is 3.76. The van der Waals surface area contributed by atoms with E-state index in [1.807, 2.05) is 24.3 Å². The Kier molecular flexibility index (Phi) is 7.17. The Hall–Kier alpha value is -2.87. The van der Waals surface area contributed by atoms with Crippen LogP contribution in [-0.4, -0.2) is 33.6 Å². The van der Waals surface area contributed by atoms with Gasteiger partial charge in [-0.1, -0.05) is 32.9 Å². The average Bonchev–Trinajstić information content (AvgIpc) is 2.71. The summed E-state index contributed by atoms with van der Waals surface area (Å²) < 4.78 is 31.1. The molecule has 2 amide bonds. The second-order valence-corrected chi connectivity index (χ2v) is 11.2. The number of anilines is 2. The highest BCUT2D eigenvalue weighted by atomic mass is 32.2. The zero-order valence-electron chi connectivity index (χ0n) is 19.9. The van der Waals surface area contributed by atoms with E-state index >= 15 is 0 Å². The Morgan fingerprint density at radius 3 is 2.12 bits per heavy atom. The molecule has 0 aromatic heterocycles. The van der Waals surface area contributed by atoms with Gasteiger partial charge in [-0.15, -0.1) is 0 Å². The van der Waals surface area contributed by atoms with Crippen molar-refractivity contribution in [2.24, 2.45) is 0 Å². The molecular weight excluding hydrogens is 440 g/mol. The molecule has 0 bridgehead atoms. The van der Waals surface area contributed by atoms with Crippen LogP contribution in [0, 0.1) is 0 Å². The fourth-order valence-corrected chi connectivity index (χ4v) is 4.62. The fraction of sp³-hybridized carbons (Fsp3) is 0.440. The maximum atomic E-state index is 12.6. The molecule has 1 fully saturated rings. The number of rotatable bonds is 7. The zero-order chi connectivity index (χ0) is 24.4. The number of carbonyl (C=O) groups excluding carboxylic acids is 2. The number of aryl methyl sites for hydroxylation is 2. The van der Waals surface area contributed by atoms with Crippen molar-refractivity contribution in [3.8, 4) is 5.75 Å². The van der Waals surface area contributed by atoms with Gasteiger partial charge in [0.1, 0.15) is 5.75 Å². The molecule has 178 valence electrons. The number of sulfonamides is 1. The van der Waals surface area contributed by atoms with E-state index in [9.17, 15) is 18.0 Å². The Morgan fingerprint density at radius 2 is 1.61 bits per heavy atom. The van der Waals surface area contributed by atoms with Crippen molar-refractivity contribution in [3.05, 3.63) is 53.1 Å². The lowest BCUT2D eigenvalue weighted by molar-refractivity contribution is -0.129. The van der Waals surface area contributed by atoms with Gasteiger partial charge in [0.15, 0.2) is 0 Å². The minimum atomic E-state index is -3.32. The molecule has 8 heteroatoms. The van der Waals surface area contributed by atoms with Gasteiger partial charge in [0.2, 0.25) is 21.8 Å². The molecule has 1 saturated heterocycles. The van der Waals surface area contributed by atoms with Crippen molar-refractivity contribution in [3.63, 3.8) is 0 Å². The lowest BCUT2D eigenvalue weighted by atomic mass is 9.83. The topological polar surface area (TPSA) is 92.8 Å². The number of carbonyl (C=O) groups is 2. The van der Waals surface area contributed by atoms with E-state index in [4.69, 9.17) is 4.74 Å². The number of imide groups is 1.